The summed E-state index contributed by atoms with van der Waals surface area (Å²) in [4.78, 5) is 25.5. The van der Waals surface area contributed by atoms with Crippen molar-refractivity contribution in [3.8, 4) is 0 Å². The molecule has 0 aromatic rings. The molecule has 2 saturated carbocycles. The van der Waals surface area contributed by atoms with Gasteiger partial charge < -0.3 is 14.4 Å². The zero-order chi connectivity index (χ0) is 20.3. The van der Waals surface area contributed by atoms with Crippen LogP contribution in [0, 0.1) is 17.3 Å². The molecule has 2 bridgehead atoms. The first kappa shape index (κ1) is 22.5. The SMILES string of the molecule is C=C(C)C.CCC(=O)OC(C)OC(=O)N(C)C1(C)C2CCC(C2)C1(C)C. The van der Waals surface area contributed by atoms with E-state index in [1.807, 2.05) is 13.8 Å². The first-order valence-electron chi connectivity index (χ1n) is 9.63. The zero-order valence-corrected chi connectivity index (χ0v) is 17.8. The molecule has 4 unspecified atom stereocenters. The van der Waals surface area contributed by atoms with E-state index in [-0.39, 0.29) is 23.3 Å². The van der Waals surface area contributed by atoms with Crippen LogP contribution in [-0.2, 0) is 14.3 Å². The van der Waals surface area contributed by atoms with E-state index >= 15 is 0 Å². The Morgan fingerprint density at radius 3 is 2.08 bits per heavy atom. The summed E-state index contributed by atoms with van der Waals surface area (Å²) in [7, 11) is 1.80. The van der Waals surface area contributed by atoms with E-state index in [1.54, 1.807) is 25.8 Å². The minimum absolute atomic E-state index is 0.0625. The van der Waals surface area contributed by atoms with Crippen molar-refractivity contribution in [1.29, 1.82) is 0 Å². The summed E-state index contributed by atoms with van der Waals surface area (Å²) in [5.41, 5.74) is 1.01. The number of nitrogens with zero attached hydrogens (tertiary/aromatic N) is 1. The highest BCUT2D eigenvalue weighted by Crippen LogP contribution is 2.63. The summed E-state index contributed by atoms with van der Waals surface area (Å²) in [6.45, 7) is 17.5. The largest absolute Gasteiger partial charge is 0.425 e. The van der Waals surface area contributed by atoms with E-state index in [1.165, 1.54) is 24.8 Å². The van der Waals surface area contributed by atoms with Gasteiger partial charge in [-0.1, -0.05) is 26.3 Å². The Hall–Kier alpha value is -1.52. The molecule has 5 heteroatoms. The number of esters is 1. The molecule has 2 rings (SSSR count). The fourth-order valence-corrected chi connectivity index (χ4v) is 4.50. The van der Waals surface area contributed by atoms with Crippen LogP contribution in [0.25, 0.3) is 0 Å². The Kier molecular flexibility index (Phi) is 7.32. The van der Waals surface area contributed by atoms with Gasteiger partial charge in [-0.3, -0.25) is 4.79 Å². The van der Waals surface area contributed by atoms with Crippen LogP contribution in [-0.4, -0.2) is 35.8 Å². The molecule has 5 nitrogen and oxygen atoms in total. The summed E-state index contributed by atoms with van der Waals surface area (Å²) in [6.07, 6.45) is 2.60. The average molecular weight is 368 g/mol. The van der Waals surface area contributed by atoms with Crippen LogP contribution < -0.4 is 0 Å². The molecule has 0 aromatic carbocycles. The Morgan fingerprint density at radius 2 is 1.65 bits per heavy atom. The fraction of sp³-hybridized carbons (Fsp3) is 0.810. The molecule has 0 spiro atoms. The molecular weight excluding hydrogens is 330 g/mol. The van der Waals surface area contributed by atoms with Gasteiger partial charge in [0.25, 0.3) is 0 Å². The lowest BCUT2D eigenvalue weighted by atomic mass is 9.63. The second kappa shape index (κ2) is 8.45. The monoisotopic (exact) mass is 367 g/mol. The van der Waals surface area contributed by atoms with Crippen LogP contribution in [0.5, 0.6) is 0 Å². The molecule has 150 valence electrons. The third kappa shape index (κ3) is 4.41. The Balaban J connectivity index is 0.000000765. The molecular formula is C21H37NO4. The normalized spacial score (nSPS) is 29.2. The standard InChI is InChI=1S/C17H29NO4.C4H8/c1-7-14(19)21-11(2)22-15(20)18(6)17(5)13-9-8-12(10-13)16(17,3)4;1-4(2)3/h11-13H,7-10H2,1-6H3;1H2,2-3H3. The third-order valence-corrected chi connectivity index (χ3v) is 6.38. The predicted octanol–water partition coefficient (Wildman–Crippen LogP) is 5.15. The quantitative estimate of drug-likeness (QED) is 0.392. The van der Waals surface area contributed by atoms with Crippen LogP contribution in [0.3, 0.4) is 0 Å². The van der Waals surface area contributed by atoms with Gasteiger partial charge >= 0.3 is 12.1 Å². The predicted molar refractivity (Wildman–Crippen MR) is 104 cm³/mol. The Morgan fingerprint density at radius 1 is 1.15 bits per heavy atom. The Bertz CT molecular complexity index is 538. The van der Waals surface area contributed by atoms with Crippen molar-refractivity contribution < 1.29 is 19.1 Å². The molecule has 4 atom stereocenters. The van der Waals surface area contributed by atoms with Gasteiger partial charge in [-0.25, -0.2) is 4.79 Å². The molecule has 2 aliphatic carbocycles. The molecule has 0 heterocycles. The maximum atomic E-state index is 12.5. The lowest BCUT2D eigenvalue weighted by molar-refractivity contribution is -0.167. The van der Waals surface area contributed by atoms with Gasteiger partial charge in [0, 0.05) is 20.4 Å². The molecule has 1 amide bonds. The van der Waals surface area contributed by atoms with E-state index in [0.29, 0.717) is 11.8 Å². The minimum Gasteiger partial charge on any atom is -0.425 e. The number of amides is 1. The van der Waals surface area contributed by atoms with E-state index in [2.05, 4.69) is 27.4 Å². The van der Waals surface area contributed by atoms with Gasteiger partial charge in [0.15, 0.2) is 0 Å². The molecule has 2 aliphatic rings. The van der Waals surface area contributed by atoms with Crippen molar-refractivity contribution in [3.63, 3.8) is 0 Å². The van der Waals surface area contributed by atoms with Crippen LogP contribution in [0.4, 0.5) is 4.79 Å². The Labute approximate surface area is 159 Å². The van der Waals surface area contributed by atoms with Crippen LogP contribution in [0.15, 0.2) is 12.2 Å². The number of carbonyl (C=O) groups is 2. The number of carbonyl (C=O) groups excluding carboxylic acids is 2. The van der Waals surface area contributed by atoms with Gasteiger partial charge in [0.1, 0.15) is 0 Å². The molecule has 0 saturated heterocycles. The van der Waals surface area contributed by atoms with Crippen molar-refractivity contribution >= 4 is 12.1 Å². The number of ether oxygens (including phenoxy) is 2. The van der Waals surface area contributed by atoms with E-state index < -0.39 is 12.4 Å². The summed E-state index contributed by atoms with van der Waals surface area (Å²) in [5, 5.41) is 0. The molecule has 2 fully saturated rings. The van der Waals surface area contributed by atoms with Gasteiger partial charge in [0.2, 0.25) is 6.29 Å². The number of hydrogen-bond donors (Lipinski definition) is 0. The van der Waals surface area contributed by atoms with Crippen LogP contribution >= 0.6 is 0 Å². The van der Waals surface area contributed by atoms with Gasteiger partial charge in [-0.05, 0) is 57.3 Å². The lowest BCUT2D eigenvalue weighted by Crippen LogP contribution is -2.60. The molecule has 26 heavy (non-hydrogen) atoms. The van der Waals surface area contributed by atoms with Crippen LogP contribution in [0.2, 0.25) is 0 Å². The molecule has 0 N–H and O–H groups in total. The number of allylic oxidation sites excluding steroid dienone is 1. The zero-order valence-electron chi connectivity index (χ0n) is 17.8. The van der Waals surface area contributed by atoms with Gasteiger partial charge in [-0.15, -0.1) is 6.58 Å². The minimum atomic E-state index is -0.854. The van der Waals surface area contributed by atoms with Gasteiger partial charge in [-0.2, -0.15) is 0 Å². The second-order valence-electron chi connectivity index (χ2n) is 8.64. The first-order chi connectivity index (χ1) is 11.9. The number of fused-ring (bicyclic) bond motifs is 2. The van der Waals surface area contributed by atoms with Crippen LogP contribution in [0.1, 0.15) is 74.1 Å². The lowest BCUT2D eigenvalue weighted by Gasteiger charge is -2.52. The fourth-order valence-electron chi connectivity index (χ4n) is 4.50. The van der Waals surface area contributed by atoms with E-state index in [4.69, 9.17) is 9.47 Å². The topological polar surface area (TPSA) is 55.8 Å². The number of hydrogen-bond acceptors (Lipinski definition) is 4. The highest BCUT2D eigenvalue weighted by atomic mass is 16.7. The molecule has 0 aromatic heterocycles. The van der Waals surface area contributed by atoms with E-state index in [9.17, 15) is 9.59 Å². The van der Waals surface area contributed by atoms with Crippen molar-refractivity contribution in [2.24, 2.45) is 17.3 Å². The maximum absolute atomic E-state index is 12.5. The third-order valence-electron chi connectivity index (χ3n) is 6.38. The maximum Gasteiger partial charge on any atom is 0.413 e. The number of rotatable bonds is 4. The highest BCUT2D eigenvalue weighted by Gasteiger charge is 2.63. The van der Waals surface area contributed by atoms with Crippen molar-refractivity contribution in [1.82, 2.24) is 4.90 Å². The van der Waals surface area contributed by atoms with E-state index in [0.717, 1.165) is 0 Å². The summed E-state index contributed by atoms with van der Waals surface area (Å²) in [6, 6.07) is 0. The molecule has 0 aliphatic heterocycles. The van der Waals surface area contributed by atoms with Crippen molar-refractivity contribution in [3.05, 3.63) is 12.2 Å². The average Bonchev–Trinajstić information content (AvgIpc) is 3.08. The first-order valence-corrected chi connectivity index (χ1v) is 9.63. The van der Waals surface area contributed by atoms with Crippen molar-refractivity contribution in [2.45, 2.75) is 86.0 Å². The summed E-state index contributed by atoms with van der Waals surface area (Å²) < 4.78 is 10.3. The summed E-state index contributed by atoms with van der Waals surface area (Å²) in [5.74, 6) is 0.807. The summed E-state index contributed by atoms with van der Waals surface area (Å²) >= 11 is 0. The second-order valence-corrected chi connectivity index (χ2v) is 8.64. The molecule has 0 radical (unpaired) electrons. The smallest absolute Gasteiger partial charge is 0.413 e. The highest BCUT2D eigenvalue weighted by molar-refractivity contribution is 5.71. The van der Waals surface area contributed by atoms with Crippen molar-refractivity contribution in [2.75, 3.05) is 7.05 Å². The van der Waals surface area contributed by atoms with Gasteiger partial charge in [0.05, 0.1) is 5.54 Å².